The molecule has 1 aromatic heterocycles. The van der Waals surface area contributed by atoms with E-state index in [0.717, 1.165) is 33.4 Å². The van der Waals surface area contributed by atoms with Crippen LogP contribution in [0, 0.1) is 27.7 Å². The third kappa shape index (κ3) is 5.49. The molecule has 4 aromatic rings. The lowest BCUT2D eigenvalue weighted by atomic mass is 10.0. The predicted molar refractivity (Wildman–Crippen MR) is 139 cm³/mol. The highest BCUT2D eigenvalue weighted by molar-refractivity contribution is 5.72. The lowest BCUT2D eigenvalue weighted by molar-refractivity contribution is 0.104. The van der Waals surface area contributed by atoms with Gasteiger partial charge in [-0.1, -0.05) is 54.4 Å². The highest BCUT2D eigenvalue weighted by Gasteiger charge is 2.17. The molecule has 6 nitrogen and oxygen atoms in total. The van der Waals surface area contributed by atoms with Crippen LogP contribution in [0.25, 0.3) is 34.2 Å². The molecule has 180 valence electrons. The molecular formula is C29H31N3O3. The number of hydrogen-bond acceptors (Lipinski definition) is 6. The summed E-state index contributed by atoms with van der Waals surface area (Å²) in [6.45, 7) is 10.2. The molecule has 0 saturated heterocycles. The zero-order chi connectivity index (χ0) is 25.1. The summed E-state index contributed by atoms with van der Waals surface area (Å²) in [6, 6.07) is 17.3. The molecule has 1 atom stereocenters. The maximum Gasteiger partial charge on any atom is 0.167 e. The van der Waals surface area contributed by atoms with E-state index in [2.05, 4.69) is 26.0 Å². The van der Waals surface area contributed by atoms with Gasteiger partial charge in [-0.2, -0.15) is 0 Å². The first-order valence-corrected chi connectivity index (χ1v) is 11.8. The maximum atomic E-state index is 10.8. The Hall–Kier alpha value is -3.77. The van der Waals surface area contributed by atoms with Gasteiger partial charge in [-0.3, -0.25) is 0 Å². The molecular weight excluding hydrogens is 438 g/mol. The summed E-state index contributed by atoms with van der Waals surface area (Å²) in [5.74, 6) is 1.94. The van der Waals surface area contributed by atoms with Crippen LogP contribution in [0.5, 0.6) is 11.5 Å². The second kappa shape index (κ2) is 10.2. The van der Waals surface area contributed by atoms with Crippen molar-refractivity contribution in [3.8, 4) is 45.7 Å². The normalized spacial score (nSPS) is 11.9. The third-order valence-corrected chi connectivity index (χ3v) is 6.00. The summed E-state index contributed by atoms with van der Waals surface area (Å²) in [7, 11) is 0. The van der Waals surface area contributed by atoms with Crippen LogP contribution >= 0.6 is 0 Å². The van der Waals surface area contributed by atoms with Crippen molar-refractivity contribution in [2.24, 2.45) is 0 Å². The minimum Gasteiger partial charge on any atom is -0.507 e. The van der Waals surface area contributed by atoms with Gasteiger partial charge in [-0.05, 0) is 57.4 Å². The molecule has 0 fully saturated rings. The molecule has 4 rings (SSSR count). The predicted octanol–water partition coefficient (Wildman–Crippen LogP) is 5.96. The summed E-state index contributed by atoms with van der Waals surface area (Å²) in [4.78, 5) is 14.3. The van der Waals surface area contributed by atoms with Gasteiger partial charge in [0, 0.05) is 17.2 Å². The van der Waals surface area contributed by atoms with Crippen LogP contribution in [0.15, 0.2) is 54.6 Å². The van der Waals surface area contributed by atoms with E-state index in [4.69, 9.17) is 19.7 Å². The van der Waals surface area contributed by atoms with Crippen molar-refractivity contribution in [3.05, 3.63) is 76.9 Å². The molecule has 35 heavy (non-hydrogen) atoms. The van der Waals surface area contributed by atoms with E-state index in [-0.39, 0.29) is 12.4 Å². The van der Waals surface area contributed by atoms with Crippen molar-refractivity contribution in [1.29, 1.82) is 0 Å². The molecule has 0 amide bonds. The van der Waals surface area contributed by atoms with Gasteiger partial charge in [0.1, 0.15) is 18.1 Å². The minimum atomic E-state index is -0.555. The summed E-state index contributed by atoms with van der Waals surface area (Å²) in [5, 5.41) is 20.6. The number of rotatable bonds is 7. The zero-order valence-corrected chi connectivity index (χ0v) is 20.8. The summed E-state index contributed by atoms with van der Waals surface area (Å²) in [5.41, 5.74) is 6.77. The molecule has 6 heteroatoms. The number of ether oxygens (including phenoxy) is 1. The molecule has 3 aromatic carbocycles. The highest BCUT2D eigenvalue weighted by Crippen LogP contribution is 2.34. The minimum absolute atomic E-state index is 0.00200. The number of phenols is 1. The van der Waals surface area contributed by atoms with Crippen molar-refractivity contribution in [3.63, 3.8) is 0 Å². The van der Waals surface area contributed by atoms with E-state index >= 15 is 0 Å². The van der Waals surface area contributed by atoms with E-state index in [9.17, 15) is 10.2 Å². The average Bonchev–Trinajstić information content (AvgIpc) is 2.82. The molecule has 0 aliphatic rings. The van der Waals surface area contributed by atoms with E-state index in [1.807, 2.05) is 45.0 Å². The lowest BCUT2D eigenvalue weighted by Gasteiger charge is -2.14. The third-order valence-electron chi connectivity index (χ3n) is 6.00. The van der Waals surface area contributed by atoms with Crippen molar-refractivity contribution < 1.29 is 14.9 Å². The standard InChI is InChI=1S/C29H31N3O3/c1-6-21(33)16-35-22-9-12-25(26(34)15-22)29-31-27(23-10-7-17(2)13-19(23)4)30-28(32-29)24-11-8-18(3)14-20(24)5/h7-15,21,33-34H,6,16H2,1-5H3. The number of benzene rings is 3. The fourth-order valence-corrected chi connectivity index (χ4v) is 3.97. The number of nitrogens with zero attached hydrogens (tertiary/aromatic N) is 3. The Morgan fingerprint density at radius 1 is 0.714 bits per heavy atom. The molecule has 1 heterocycles. The Morgan fingerprint density at radius 2 is 1.20 bits per heavy atom. The highest BCUT2D eigenvalue weighted by atomic mass is 16.5. The Bertz CT molecular complexity index is 1300. The number of aryl methyl sites for hydroxylation is 4. The second-order valence-electron chi connectivity index (χ2n) is 9.00. The number of hydrogen-bond donors (Lipinski definition) is 2. The van der Waals surface area contributed by atoms with Crippen LogP contribution in [-0.4, -0.2) is 37.9 Å². The van der Waals surface area contributed by atoms with Crippen molar-refractivity contribution >= 4 is 0 Å². The second-order valence-corrected chi connectivity index (χ2v) is 9.00. The number of aromatic hydroxyl groups is 1. The first-order chi connectivity index (χ1) is 16.7. The van der Waals surface area contributed by atoms with Gasteiger partial charge in [-0.25, -0.2) is 15.0 Å². The van der Waals surface area contributed by atoms with E-state index in [1.54, 1.807) is 12.1 Å². The SMILES string of the molecule is CCC(O)COc1ccc(-c2nc(-c3ccc(C)cc3C)nc(-c3ccc(C)cc3C)n2)c(O)c1. The first-order valence-electron chi connectivity index (χ1n) is 11.8. The summed E-state index contributed by atoms with van der Waals surface area (Å²) >= 11 is 0. The van der Waals surface area contributed by atoms with E-state index in [1.165, 1.54) is 6.07 Å². The Kier molecular flexibility index (Phi) is 7.12. The molecule has 1 unspecified atom stereocenters. The topological polar surface area (TPSA) is 88.4 Å². The smallest absolute Gasteiger partial charge is 0.167 e. The van der Waals surface area contributed by atoms with Crippen LogP contribution in [0.2, 0.25) is 0 Å². The molecule has 0 radical (unpaired) electrons. The van der Waals surface area contributed by atoms with Gasteiger partial charge in [0.15, 0.2) is 17.5 Å². The van der Waals surface area contributed by atoms with Crippen LogP contribution in [-0.2, 0) is 0 Å². The van der Waals surface area contributed by atoms with Gasteiger partial charge in [0.25, 0.3) is 0 Å². The molecule has 0 spiro atoms. The fraction of sp³-hybridized carbons (Fsp3) is 0.276. The summed E-state index contributed by atoms with van der Waals surface area (Å²) in [6.07, 6.45) is 0.0399. The average molecular weight is 470 g/mol. The van der Waals surface area contributed by atoms with Crippen LogP contribution < -0.4 is 4.74 Å². The Morgan fingerprint density at radius 3 is 1.66 bits per heavy atom. The van der Waals surface area contributed by atoms with Gasteiger partial charge >= 0.3 is 0 Å². The largest absolute Gasteiger partial charge is 0.507 e. The maximum absolute atomic E-state index is 10.8. The zero-order valence-electron chi connectivity index (χ0n) is 20.8. The molecule has 2 N–H and O–H groups in total. The van der Waals surface area contributed by atoms with E-state index in [0.29, 0.717) is 35.2 Å². The Balaban J connectivity index is 1.83. The van der Waals surface area contributed by atoms with Crippen LogP contribution in [0.4, 0.5) is 0 Å². The van der Waals surface area contributed by atoms with Crippen molar-refractivity contribution in [2.45, 2.75) is 47.1 Å². The quantitative estimate of drug-likeness (QED) is 0.347. The van der Waals surface area contributed by atoms with Crippen molar-refractivity contribution in [2.75, 3.05) is 6.61 Å². The monoisotopic (exact) mass is 469 g/mol. The van der Waals surface area contributed by atoms with Gasteiger partial charge in [-0.15, -0.1) is 0 Å². The number of aromatic nitrogens is 3. The van der Waals surface area contributed by atoms with Crippen LogP contribution in [0.3, 0.4) is 0 Å². The van der Waals surface area contributed by atoms with Gasteiger partial charge < -0.3 is 14.9 Å². The summed E-state index contributed by atoms with van der Waals surface area (Å²) < 4.78 is 5.61. The Labute approximate surface area is 206 Å². The van der Waals surface area contributed by atoms with Gasteiger partial charge in [0.05, 0.1) is 11.7 Å². The number of aliphatic hydroxyl groups is 1. The molecule has 0 aliphatic heterocycles. The lowest BCUT2D eigenvalue weighted by Crippen LogP contribution is -2.15. The number of phenolic OH excluding ortho intramolecular Hbond substituents is 1. The first kappa shape index (κ1) is 24.4. The van der Waals surface area contributed by atoms with E-state index < -0.39 is 6.10 Å². The van der Waals surface area contributed by atoms with Gasteiger partial charge in [0.2, 0.25) is 0 Å². The molecule has 0 aliphatic carbocycles. The number of aliphatic hydroxyl groups excluding tert-OH is 1. The van der Waals surface area contributed by atoms with Crippen LogP contribution in [0.1, 0.15) is 35.6 Å². The molecule has 0 saturated carbocycles. The molecule has 0 bridgehead atoms. The van der Waals surface area contributed by atoms with Crippen molar-refractivity contribution in [1.82, 2.24) is 15.0 Å². The fourth-order valence-electron chi connectivity index (χ4n) is 3.97.